The van der Waals surface area contributed by atoms with Crippen LogP contribution >= 0.6 is 0 Å². The van der Waals surface area contributed by atoms with E-state index in [-0.39, 0.29) is 48.4 Å². The molecule has 2 fully saturated rings. The van der Waals surface area contributed by atoms with Gasteiger partial charge >= 0.3 is 18.5 Å². The number of benzene rings is 1. The predicted molar refractivity (Wildman–Crippen MR) is 149 cm³/mol. The number of fused-ring (bicyclic) bond motifs is 1. The molecule has 268 valence electrons. The van der Waals surface area contributed by atoms with E-state index in [2.05, 4.69) is 30.9 Å². The first-order chi connectivity index (χ1) is 22.8. The van der Waals surface area contributed by atoms with Crippen LogP contribution in [0.4, 0.5) is 59.9 Å². The molecule has 4 N–H and O–H groups in total. The predicted octanol–water partition coefficient (Wildman–Crippen LogP) is 7.17. The third-order valence-electron chi connectivity index (χ3n) is 8.38. The molecule has 49 heavy (non-hydrogen) atoms. The molecule has 0 saturated heterocycles. The third kappa shape index (κ3) is 8.09. The van der Waals surface area contributed by atoms with Crippen LogP contribution in [0.5, 0.6) is 5.88 Å². The average Bonchev–Trinajstić information content (AvgIpc) is 3.74. The van der Waals surface area contributed by atoms with Crippen molar-refractivity contribution in [3.63, 3.8) is 0 Å². The van der Waals surface area contributed by atoms with Gasteiger partial charge in [0, 0.05) is 12.6 Å². The number of pyridine rings is 1. The fraction of sp³-hybridized carbons (Fsp3) is 0.517. The van der Waals surface area contributed by atoms with Crippen LogP contribution < -0.4 is 20.7 Å². The number of nitrogens with zero attached hydrogens (tertiary/aromatic N) is 2. The highest BCUT2D eigenvalue weighted by Crippen LogP contribution is 2.57. The summed E-state index contributed by atoms with van der Waals surface area (Å²) in [6.45, 7) is -1.73. The highest BCUT2D eigenvalue weighted by Gasteiger charge is 2.68. The number of amides is 2. The molecule has 0 radical (unpaired) electrons. The lowest BCUT2D eigenvalue weighted by Gasteiger charge is -2.30. The Hall–Kier alpha value is -4.39. The summed E-state index contributed by atoms with van der Waals surface area (Å²) in [6, 6.07) is 2.91. The van der Waals surface area contributed by atoms with E-state index in [0.29, 0.717) is 6.07 Å². The number of anilines is 2. The van der Waals surface area contributed by atoms with Gasteiger partial charge < -0.3 is 25.7 Å². The van der Waals surface area contributed by atoms with E-state index in [1.807, 2.05) is 0 Å². The Morgan fingerprint density at radius 2 is 1.63 bits per heavy atom. The summed E-state index contributed by atoms with van der Waals surface area (Å²) >= 11 is 0. The molecule has 2 aliphatic carbocycles. The van der Waals surface area contributed by atoms with Gasteiger partial charge in [0.25, 0.3) is 12.3 Å². The molecule has 2 aliphatic rings. The molecule has 2 amide bonds. The van der Waals surface area contributed by atoms with Crippen molar-refractivity contribution >= 4 is 34.6 Å². The molecule has 2 heterocycles. The molecule has 2 aromatic heterocycles. The lowest BCUT2D eigenvalue weighted by atomic mass is 9.85. The van der Waals surface area contributed by atoms with E-state index < -0.39 is 103 Å². The molecule has 20 heteroatoms. The molecule has 0 aliphatic heterocycles. The molecular weight excluding hydrogens is 689 g/mol. The van der Waals surface area contributed by atoms with Crippen molar-refractivity contribution in [3.8, 4) is 5.88 Å². The Morgan fingerprint density at radius 3 is 2.20 bits per heavy atom. The van der Waals surface area contributed by atoms with E-state index >= 15 is 0 Å². The third-order valence-corrected chi connectivity index (χ3v) is 8.38. The first kappa shape index (κ1) is 35.9. The van der Waals surface area contributed by atoms with Crippen molar-refractivity contribution < 1.29 is 62.6 Å². The standard InChI is InChI=1S/C29H27F11N6O3/c30-20(31)12-49-23-16(22(47)42-15-4-2-14(3-5-15)27(32,33)34)10-19-21(45-23)46-25(44-19)43-18-9-13(1-6-17(18)28(35,36)37)11-41-24(48)26(7-8-26)29(38,39)40/h1,6,9-10,14-15,20H,2-5,7-8,11-12H2,(H,41,48)(H,42,47)(H2,43,44,45,46)/t14-,15+. The fourth-order valence-electron chi connectivity index (χ4n) is 5.52. The van der Waals surface area contributed by atoms with Gasteiger partial charge in [0.05, 0.1) is 17.2 Å². The van der Waals surface area contributed by atoms with Crippen LogP contribution in [0, 0.1) is 11.3 Å². The average molecular weight is 717 g/mol. The van der Waals surface area contributed by atoms with Crippen LogP contribution in [0.15, 0.2) is 24.3 Å². The quantitative estimate of drug-likeness (QED) is 0.165. The van der Waals surface area contributed by atoms with Gasteiger partial charge in [-0.2, -0.15) is 44.5 Å². The van der Waals surface area contributed by atoms with Gasteiger partial charge in [0.1, 0.15) is 16.5 Å². The van der Waals surface area contributed by atoms with Crippen molar-refractivity contribution in [2.75, 3.05) is 11.9 Å². The molecule has 5 rings (SSSR count). The van der Waals surface area contributed by atoms with Crippen molar-refractivity contribution in [3.05, 3.63) is 41.0 Å². The Bertz CT molecular complexity index is 1690. The fourth-order valence-corrected chi connectivity index (χ4v) is 5.52. The Labute approximate surface area is 269 Å². The summed E-state index contributed by atoms with van der Waals surface area (Å²) in [5.41, 5.74) is -5.15. The largest absolute Gasteiger partial charge is 0.471 e. The number of ether oxygens (including phenoxy) is 1. The summed E-state index contributed by atoms with van der Waals surface area (Å²) in [7, 11) is 0. The van der Waals surface area contributed by atoms with Gasteiger partial charge in [0.2, 0.25) is 17.7 Å². The highest BCUT2D eigenvalue weighted by atomic mass is 19.4. The first-order valence-electron chi connectivity index (χ1n) is 14.8. The lowest BCUT2D eigenvalue weighted by Crippen LogP contribution is -2.40. The van der Waals surface area contributed by atoms with Crippen LogP contribution in [0.25, 0.3) is 11.2 Å². The van der Waals surface area contributed by atoms with E-state index in [4.69, 9.17) is 4.74 Å². The second-order valence-corrected chi connectivity index (χ2v) is 11.8. The minimum atomic E-state index is -4.93. The summed E-state index contributed by atoms with van der Waals surface area (Å²) in [4.78, 5) is 35.9. The number of hydrogen-bond donors (Lipinski definition) is 4. The minimum Gasteiger partial charge on any atom is -0.471 e. The normalized spacial score (nSPS) is 19.5. The smallest absolute Gasteiger partial charge is 0.418 e. The van der Waals surface area contributed by atoms with Gasteiger partial charge in [-0.05, 0) is 62.3 Å². The molecule has 0 atom stereocenters. The first-order valence-corrected chi connectivity index (χ1v) is 14.8. The number of imidazole rings is 1. The van der Waals surface area contributed by atoms with Crippen LogP contribution in [0.1, 0.15) is 60.0 Å². The zero-order chi connectivity index (χ0) is 35.9. The second kappa shape index (κ2) is 13.1. The van der Waals surface area contributed by atoms with Crippen LogP contribution in [0.2, 0.25) is 0 Å². The topological polar surface area (TPSA) is 121 Å². The number of halogens is 11. The maximum atomic E-state index is 13.9. The highest BCUT2D eigenvalue weighted by molar-refractivity contribution is 5.99. The maximum absolute atomic E-state index is 13.9. The molecule has 0 bridgehead atoms. The minimum absolute atomic E-state index is 0.00182. The Balaban J connectivity index is 1.38. The molecular formula is C29H27F11N6O3. The number of alkyl halides is 11. The van der Waals surface area contributed by atoms with Crippen LogP contribution in [0.3, 0.4) is 0 Å². The van der Waals surface area contributed by atoms with Gasteiger partial charge in [-0.1, -0.05) is 6.07 Å². The van der Waals surface area contributed by atoms with Crippen molar-refractivity contribution in [2.24, 2.45) is 11.3 Å². The zero-order valence-electron chi connectivity index (χ0n) is 25.0. The van der Waals surface area contributed by atoms with Gasteiger partial charge in [-0.15, -0.1) is 0 Å². The molecule has 0 spiro atoms. The second-order valence-electron chi connectivity index (χ2n) is 11.8. The number of nitrogens with one attached hydrogen (secondary N) is 4. The summed E-state index contributed by atoms with van der Waals surface area (Å²) in [5.74, 6) is -4.74. The number of aromatic amines is 1. The van der Waals surface area contributed by atoms with E-state index in [9.17, 15) is 57.9 Å². The van der Waals surface area contributed by atoms with Crippen molar-refractivity contribution in [2.45, 2.75) is 76.1 Å². The molecule has 2 saturated carbocycles. The number of hydrogen-bond acceptors (Lipinski definition) is 6. The zero-order valence-corrected chi connectivity index (χ0v) is 25.0. The summed E-state index contributed by atoms with van der Waals surface area (Å²) < 4.78 is 151. The molecule has 3 aromatic rings. The van der Waals surface area contributed by atoms with Crippen LogP contribution in [-0.2, 0) is 17.5 Å². The van der Waals surface area contributed by atoms with Crippen molar-refractivity contribution in [1.29, 1.82) is 0 Å². The molecule has 9 nitrogen and oxygen atoms in total. The number of carbonyl (C=O) groups excluding carboxylic acids is 2. The van der Waals surface area contributed by atoms with Crippen LogP contribution in [-0.4, -0.2) is 58.2 Å². The molecule has 0 unspecified atom stereocenters. The number of carbonyl (C=O) groups is 2. The van der Waals surface area contributed by atoms with E-state index in [0.717, 1.165) is 18.2 Å². The SMILES string of the molecule is O=C(N[C@H]1CC[C@@H](C(F)(F)F)CC1)c1cc2nc(Nc3cc(CNC(=O)C4(C(F)(F)F)CC4)ccc3C(F)(F)F)[nH]c2nc1OCC(F)F. The monoisotopic (exact) mass is 716 g/mol. The number of rotatable bonds is 10. The van der Waals surface area contributed by atoms with Gasteiger partial charge in [0.15, 0.2) is 12.3 Å². The van der Waals surface area contributed by atoms with Crippen molar-refractivity contribution in [1.82, 2.24) is 25.6 Å². The summed E-state index contributed by atoms with van der Waals surface area (Å²) in [6.07, 6.45) is -18.4. The molecule has 1 aromatic carbocycles. The number of aromatic nitrogens is 3. The Morgan fingerprint density at radius 1 is 0.959 bits per heavy atom. The Kier molecular flexibility index (Phi) is 9.63. The van der Waals surface area contributed by atoms with Gasteiger partial charge in [-0.25, -0.2) is 13.8 Å². The summed E-state index contributed by atoms with van der Waals surface area (Å²) in [5, 5.41) is 7.03. The lowest BCUT2D eigenvalue weighted by molar-refractivity contribution is -0.192. The number of H-pyrrole nitrogens is 1. The van der Waals surface area contributed by atoms with Gasteiger partial charge in [-0.3, -0.25) is 9.59 Å². The van der Waals surface area contributed by atoms with E-state index in [1.165, 1.54) is 0 Å². The van der Waals surface area contributed by atoms with E-state index in [1.54, 1.807) is 0 Å². The maximum Gasteiger partial charge on any atom is 0.418 e.